The van der Waals surface area contributed by atoms with E-state index < -0.39 is 15.9 Å². The molecule has 0 radical (unpaired) electrons. The molecule has 7 heteroatoms. The Bertz CT molecular complexity index is 1520. The van der Waals surface area contributed by atoms with Crippen LogP contribution in [0.5, 0.6) is 0 Å². The van der Waals surface area contributed by atoms with E-state index in [9.17, 15) is 18.0 Å². The van der Waals surface area contributed by atoms with Crippen LogP contribution in [0, 0.1) is 0 Å². The molecule has 0 aliphatic heterocycles. The number of carbonyl (C=O) groups is 2. The highest BCUT2D eigenvalue weighted by Gasteiger charge is 2.29. The smallest absolute Gasteiger partial charge is 0.271 e. The zero-order chi connectivity index (χ0) is 26.1. The molecule has 2 amide bonds. The Kier molecular flexibility index (Phi) is 8.08. The van der Waals surface area contributed by atoms with Crippen LogP contribution in [-0.4, -0.2) is 20.2 Å². The summed E-state index contributed by atoms with van der Waals surface area (Å²) in [5.41, 5.74) is 2.28. The average molecular weight is 509 g/mol. The number of carbonyl (C=O) groups excluding carboxylic acids is 2. The number of anilines is 2. The van der Waals surface area contributed by atoms with E-state index in [0.717, 1.165) is 15.4 Å². The molecule has 0 saturated heterocycles. The summed E-state index contributed by atoms with van der Waals surface area (Å²) in [6, 6.07) is 32.4. The number of para-hydroxylation sites is 1. The van der Waals surface area contributed by atoms with Gasteiger partial charge in [-0.2, -0.15) is 4.31 Å². The van der Waals surface area contributed by atoms with Crippen molar-refractivity contribution in [3.8, 4) is 0 Å². The van der Waals surface area contributed by atoms with Gasteiger partial charge in [0.15, 0.2) is 0 Å². The molecule has 0 atom stereocenters. The molecule has 0 fully saturated rings. The van der Waals surface area contributed by atoms with Gasteiger partial charge in [0.25, 0.3) is 15.9 Å². The lowest BCUT2D eigenvalue weighted by molar-refractivity contribution is -0.113. The number of sulfonamides is 1. The Morgan fingerprint density at radius 1 is 0.622 bits per heavy atom. The van der Waals surface area contributed by atoms with Gasteiger partial charge in [-0.15, -0.1) is 0 Å². The number of hydrogen-bond acceptors (Lipinski definition) is 4. The summed E-state index contributed by atoms with van der Waals surface area (Å²) < 4.78 is 27.9. The predicted octanol–water partition coefficient (Wildman–Crippen LogP) is 5.77. The minimum Gasteiger partial charge on any atom is -0.323 e. The summed E-state index contributed by atoms with van der Waals surface area (Å²) in [4.78, 5) is 25.3. The van der Waals surface area contributed by atoms with Crippen molar-refractivity contribution in [3.63, 3.8) is 0 Å². The first-order valence-electron chi connectivity index (χ1n) is 11.5. The zero-order valence-corrected chi connectivity index (χ0v) is 20.6. The van der Waals surface area contributed by atoms with Gasteiger partial charge in [-0.3, -0.25) is 9.59 Å². The van der Waals surface area contributed by atoms with E-state index in [4.69, 9.17) is 0 Å². The molecule has 6 nitrogen and oxygen atoms in total. The normalized spacial score (nSPS) is 11.5. The van der Waals surface area contributed by atoms with Crippen molar-refractivity contribution < 1.29 is 18.0 Å². The maximum atomic E-state index is 13.6. The molecule has 1 N–H and O–H groups in total. The molecule has 184 valence electrons. The van der Waals surface area contributed by atoms with E-state index >= 15 is 0 Å². The van der Waals surface area contributed by atoms with Gasteiger partial charge in [-0.25, -0.2) is 8.42 Å². The molecule has 0 heterocycles. The second-order valence-corrected chi connectivity index (χ2v) is 9.73. The summed E-state index contributed by atoms with van der Waals surface area (Å²) in [5, 5.41) is 2.70. The summed E-state index contributed by atoms with van der Waals surface area (Å²) in [6.45, 7) is 0. The third kappa shape index (κ3) is 6.68. The second kappa shape index (κ2) is 11.8. The van der Waals surface area contributed by atoms with Crippen LogP contribution in [0.25, 0.3) is 12.2 Å². The SMILES string of the molecule is O=C(/C=C/c1ccccc1)Nc1ccc(S(=O)(=O)N(C(=O)/C=C/c2ccccc2)c2ccccc2)cc1. The van der Waals surface area contributed by atoms with Gasteiger partial charge in [-0.1, -0.05) is 78.9 Å². The molecule has 37 heavy (non-hydrogen) atoms. The van der Waals surface area contributed by atoms with Crippen molar-refractivity contribution in [3.05, 3.63) is 139 Å². The highest BCUT2D eigenvalue weighted by molar-refractivity contribution is 7.93. The van der Waals surface area contributed by atoms with Crippen LogP contribution in [0.15, 0.2) is 132 Å². The molecule has 0 aromatic heterocycles. The van der Waals surface area contributed by atoms with E-state index in [1.807, 2.05) is 60.7 Å². The van der Waals surface area contributed by atoms with Crippen molar-refractivity contribution in [1.29, 1.82) is 0 Å². The Hall–Kier alpha value is -4.75. The first-order chi connectivity index (χ1) is 17.9. The number of amides is 2. The second-order valence-electron chi connectivity index (χ2n) is 7.94. The predicted molar refractivity (Wildman–Crippen MR) is 147 cm³/mol. The molecular weight excluding hydrogens is 484 g/mol. The quantitative estimate of drug-likeness (QED) is 0.306. The fraction of sp³-hybridized carbons (Fsp3) is 0. The first kappa shape index (κ1) is 25.3. The molecule has 4 rings (SSSR count). The van der Waals surface area contributed by atoms with E-state index in [1.165, 1.54) is 36.4 Å². The van der Waals surface area contributed by atoms with Crippen LogP contribution in [0.4, 0.5) is 11.4 Å². The van der Waals surface area contributed by atoms with Crippen LogP contribution in [-0.2, 0) is 19.6 Å². The first-order valence-corrected chi connectivity index (χ1v) is 12.9. The van der Waals surface area contributed by atoms with Crippen LogP contribution in [0.3, 0.4) is 0 Å². The number of benzene rings is 4. The number of hydrogen-bond donors (Lipinski definition) is 1. The van der Waals surface area contributed by atoms with Gasteiger partial charge in [-0.05, 0) is 59.7 Å². The lowest BCUT2D eigenvalue weighted by Crippen LogP contribution is -2.35. The third-order valence-electron chi connectivity index (χ3n) is 5.30. The van der Waals surface area contributed by atoms with Crippen molar-refractivity contribution >= 4 is 45.4 Å². The molecule has 0 saturated carbocycles. The van der Waals surface area contributed by atoms with E-state index in [1.54, 1.807) is 42.5 Å². The molecule has 4 aromatic carbocycles. The van der Waals surface area contributed by atoms with Gasteiger partial charge in [0.05, 0.1) is 10.6 Å². The minimum absolute atomic E-state index is 0.0874. The number of rotatable bonds is 8. The van der Waals surface area contributed by atoms with Crippen molar-refractivity contribution in [2.45, 2.75) is 4.90 Å². The topological polar surface area (TPSA) is 83.6 Å². The van der Waals surface area contributed by atoms with E-state index in [-0.39, 0.29) is 16.5 Å². The van der Waals surface area contributed by atoms with Gasteiger partial charge < -0.3 is 5.32 Å². The lowest BCUT2D eigenvalue weighted by Gasteiger charge is -2.21. The standard InChI is InChI=1S/C30H24N2O4S/c33-29(22-16-24-10-4-1-5-11-24)31-26-18-20-28(21-19-26)37(35,36)32(27-14-8-3-9-15-27)30(34)23-17-25-12-6-2-7-13-25/h1-23H,(H,31,33)/b22-16+,23-17+. The third-order valence-corrected chi connectivity index (χ3v) is 7.03. The maximum Gasteiger partial charge on any atom is 0.271 e. The van der Waals surface area contributed by atoms with Crippen molar-refractivity contribution in [2.24, 2.45) is 0 Å². The van der Waals surface area contributed by atoms with Crippen molar-refractivity contribution in [1.82, 2.24) is 0 Å². The monoisotopic (exact) mass is 508 g/mol. The van der Waals surface area contributed by atoms with E-state index in [2.05, 4.69) is 5.32 Å². The van der Waals surface area contributed by atoms with Crippen LogP contribution < -0.4 is 9.62 Å². The van der Waals surface area contributed by atoms with Gasteiger partial charge in [0, 0.05) is 17.8 Å². The van der Waals surface area contributed by atoms with Gasteiger partial charge >= 0.3 is 0 Å². The highest BCUT2D eigenvalue weighted by Crippen LogP contribution is 2.25. The van der Waals surface area contributed by atoms with Crippen molar-refractivity contribution in [2.75, 3.05) is 9.62 Å². The van der Waals surface area contributed by atoms with Gasteiger partial charge in [0.2, 0.25) is 5.91 Å². The Balaban J connectivity index is 1.55. The number of nitrogens with one attached hydrogen (secondary N) is 1. The highest BCUT2D eigenvalue weighted by atomic mass is 32.2. The fourth-order valence-corrected chi connectivity index (χ4v) is 4.87. The molecular formula is C30H24N2O4S. The molecule has 4 aromatic rings. The van der Waals surface area contributed by atoms with Crippen LogP contribution in [0.2, 0.25) is 0 Å². The van der Waals surface area contributed by atoms with Gasteiger partial charge in [0.1, 0.15) is 0 Å². The average Bonchev–Trinajstić information content (AvgIpc) is 2.93. The Morgan fingerprint density at radius 3 is 1.65 bits per heavy atom. The minimum atomic E-state index is -4.24. The lowest BCUT2D eigenvalue weighted by atomic mass is 10.2. The Labute approximate surface area is 216 Å². The largest absolute Gasteiger partial charge is 0.323 e. The molecule has 0 spiro atoms. The number of nitrogens with zero attached hydrogens (tertiary/aromatic N) is 1. The summed E-state index contributed by atoms with van der Waals surface area (Å²) in [7, 11) is -4.24. The van der Waals surface area contributed by atoms with E-state index in [0.29, 0.717) is 5.69 Å². The zero-order valence-electron chi connectivity index (χ0n) is 19.8. The summed E-state index contributed by atoms with van der Waals surface area (Å²) >= 11 is 0. The van der Waals surface area contributed by atoms with Crippen LogP contribution >= 0.6 is 0 Å². The molecule has 0 bridgehead atoms. The molecule has 0 unspecified atom stereocenters. The fourth-order valence-electron chi connectivity index (χ4n) is 3.48. The Morgan fingerprint density at radius 2 is 1.11 bits per heavy atom. The summed E-state index contributed by atoms with van der Waals surface area (Å²) in [6.07, 6.45) is 5.87. The maximum absolute atomic E-state index is 13.6. The molecule has 0 aliphatic rings. The molecule has 0 aliphatic carbocycles. The summed E-state index contributed by atoms with van der Waals surface area (Å²) in [5.74, 6) is -1.06. The van der Waals surface area contributed by atoms with Crippen LogP contribution in [0.1, 0.15) is 11.1 Å².